The van der Waals surface area contributed by atoms with Gasteiger partial charge in [-0.05, 0) is 30.5 Å². The van der Waals surface area contributed by atoms with Gasteiger partial charge in [0.25, 0.3) is 0 Å². The zero-order chi connectivity index (χ0) is 18.8. The molecule has 2 aromatic carbocycles. The fourth-order valence-electron chi connectivity index (χ4n) is 3.34. The summed E-state index contributed by atoms with van der Waals surface area (Å²) in [4.78, 5) is 23.7. The number of rotatable bonds is 4. The molecular formula is C19H18F2N2O3. The zero-order valence-corrected chi connectivity index (χ0v) is 14.0. The molecule has 0 saturated heterocycles. The van der Waals surface area contributed by atoms with Gasteiger partial charge in [0.2, 0.25) is 5.91 Å². The van der Waals surface area contributed by atoms with E-state index in [-0.39, 0.29) is 5.56 Å². The first-order valence-electron chi connectivity index (χ1n) is 8.19. The Hall–Kier alpha value is -2.96. The monoisotopic (exact) mass is 360 g/mol. The van der Waals surface area contributed by atoms with E-state index in [9.17, 15) is 18.4 Å². The highest BCUT2D eigenvalue weighted by atomic mass is 19.1. The minimum absolute atomic E-state index is 0.0853. The van der Waals surface area contributed by atoms with Crippen LogP contribution in [0.25, 0.3) is 0 Å². The first kappa shape index (κ1) is 17.8. The number of carboxylic acid groups (broad SMARTS) is 1. The van der Waals surface area contributed by atoms with E-state index in [2.05, 4.69) is 10.6 Å². The van der Waals surface area contributed by atoms with Gasteiger partial charge in [-0.3, -0.25) is 4.79 Å². The predicted molar refractivity (Wildman–Crippen MR) is 90.8 cm³/mol. The van der Waals surface area contributed by atoms with Crippen LogP contribution in [0.2, 0.25) is 0 Å². The largest absolute Gasteiger partial charge is 0.465 e. The number of hydrogen-bond acceptors (Lipinski definition) is 2. The van der Waals surface area contributed by atoms with Gasteiger partial charge in [0.1, 0.15) is 11.6 Å². The smallest absolute Gasteiger partial charge is 0.405 e. The normalized spacial score (nSPS) is 19.5. The van der Waals surface area contributed by atoms with Gasteiger partial charge in [-0.2, -0.15) is 0 Å². The van der Waals surface area contributed by atoms with Crippen LogP contribution in [0.3, 0.4) is 0 Å². The lowest BCUT2D eigenvalue weighted by Gasteiger charge is -2.23. The van der Waals surface area contributed by atoms with Crippen LogP contribution in [-0.4, -0.2) is 23.1 Å². The average molecular weight is 360 g/mol. The Morgan fingerprint density at radius 1 is 1.15 bits per heavy atom. The van der Waals surface area contributed by atoms with Gasteiger partial charge in [0.05, 0.1) is 18.0 Å². The molecule has 7 heteroatoms. The molecule has 1 aliphatic carbocycles. The number of nitrogens with one attached hydrogen (secondary N) is 2. The fourth-order valence-corrected chi connectivity index (χ4v) is 3.34. The van der Waals surface area contributed by atoms with Gasteiger partial charge >= 0.3 is 6.09 Å². The van der Waals surface area contributed by atoms with Crippen LogP contribution in [0.1, 0.15) is 35.6 Å². The molecule has 5 nitrogen and oxygen atoms in total. The molecule has 3 N–H and O–H groups in total. The second-order valence-electron chi connectivity index (χ2n) is 6.33. The van der Waals surface area contributed by atoms with Crippen LogP contribution < -0.4 is 10.6 Å². The number of benzene rings is 2. The van der Waals surface area contributed by atoms with Crippen LogP contribution in [0.4, 0.5) is 13.6 Å². The highest BCUT2D eigenvalue weighted by molar-refractivity contribution is 5.84. The number of hydrogen-bond donors (Lipinski definition) is 3. The number of fused-ring (bicyclic) bond motifs is 1. The SMILES string of the molecule is C[C@H](C(=O)N[C@H]1Cc2ccccc2[C@@H]1NC(=O)O)c1ccc(F)cc1F. The second kappa shape index (κ2) is 7.11. The predicted octanol–water partition coefficient (Wildman–Crippen LogP) is 3.12. The average Bonchev–Trinajstić information content (AvgIpc) is 2.91. The van der Waals surface area contributed by atoms with Crippen molar-refractivity contribution in [2.45, 2.75) is 31.3 Å². The Labute approximate surface area is 149 Å². The Balaban J connectivity index is 1.78. The van der Waals surface area contributed by atoms with Crippen LogP contribution in [0.5, 0.6) is 0 Å². The van der Waals surface area contributed by atoms with Crippen molar-refractivity contribution in [3.05, 3.63) is 70.8 Å². The summed E-state index contributed by atoms with van der Waals surface area (Å²) in [7, 11) is 0. The number of halogens is 2. The fraction of sp³-hybridized carbons (Fsp3) is 0.263. The molecule has 0 unspecified atom stereocenters. The standard InChI is InChI=1S/C19H18F2N2O3/c1-10(13-7-6-12(20)9-15(13)21)18(24)22-16-8-11-4-2-3-5-14(11)17(16)23-19(25)26/h2-7,9-10,16-17,23H,8H2,1H3,(H,22,24)(H,25,26)/t10-,16-,17-/m0/s1. The first-order chi connectivity index (χ1) is 12.4. The van der Waals surface area contributed by atoms with Crippen LogP contribution in [0, 0.1) is 11.6 Å². The highest BCUT2D eigenvalue weighted by Crippen LogP contribution is 2.32. The molecule has 0 aromatic heterocycles. The molecule has 1 aliphatic rings. The van der Waals surface area contributed by atoms with Crippen molar-refractivity contribution in [3.8, 4) is 0 Å². The second-order valence-corrected chi connectivity index (χ2v) is 6.33. The van der Waals surface area contributed by atoms with E-state index in [0.29, 0.717) is 6.42 Å². The van der Waals surface area contributed by atoms with Gasteiger partial charge in [0, 0.05) is 11.6 Å². The van der Waals surface area contributed by atoms with Gasteiger partial charge in [-0.15, -0.1) is 0 Å². The van der Waals surface area contributed by atoms with E-state index in [0.717, 1.165) is 23.3 Å². The van der Waals surface area contributed by atoms with E-state index < -0.39 is 41.6 Å². The maximum atomic E-state index is 13.9. The summed E-state index contributed by atoms with van der Waals surface area (Å²) < 4.78 is 27.0. The van der Waals surface area contributed by atoms with E-state index in [4.69, 9.17) is 5.11 Å². The van der Waals surface area contributed by atoms with Crippen LogP contribution in [-0.2, 0) is 11.2 Å². The van der Waals surface area contributed by atoms with Crippen molar-refractivity contribution in [2.75, 3.05) is 0 Å². The molecule has 0 fully saturated rings. The molecule has 0 radical (unpaired) electrons. The van der Waals surface area contributed by atoms with Crippen molar-refractivity contribution in [1.29, 1.82) is 0 Å². The van der Waals surface area contributed by atoms with Crippen molar-refractivity contribution in [1.82, 2.24) is 10.6 Å². The molecule has 0 aliphatic heterocycles. The Bertz CT molecular complexity index is 856. The minimum atomic E-state index is -1.19. The number of carbonyl (C=O) groups is 2. The molecule has 0 bridgehead atoms. The summed E-state index contributed by atoms with van der Waals surface area (Å²) in [5, 5.41) is 14.3. The van der Waals surface area contributed by atoms with E-state index in [1.165, 1.54) is 13.0 Å². The van der Waals surface area contributed by atoms with Gasteiger partial charge in [-0.1, -0.05) is 30.3 Å². The zero-order valence-electron chi connectivity index (χ0n) is 14.0. The number of amides is 2. The van der Waals surface area contributed by atoms with Crippen LogP contribution >= 0.6 is 0 Å². The van der Waals surface area contributed by atoms with Crippen molar-refractivity contribution < 1.29 is 23.5 Å². The third kappa shape index (κ3) is 3.51. The van der Waals surface area contributed by atoms with Crippen molar-refractivity contribution in [2.24, 2.45) is 0 Å². The molecule has 2 aromatic rings. The van der Waals surface area contributed by atoms with E-state index in [1.54, 1.807) is 6.07 Å². The molecule has 2 amide bonds. The van der Waals surface area contributed by atoms with Gasteiger partial charge in [-0.25, -0.2) is 13.6 Å². The Morgan fingerprint density at radius 2 is 1.88 bits per heavy atom. The molecule has 136 valence electrons. The van der Waals surface area contributed by atoms with Gasteiger partial charge < -0.3 is 15.7 Å². The molecular weight excluding hydrogens is 342 g/mol. The van der Waals surface area contributed by atoms with Crippen molar-refractivity contribution in [3.63, 3.8) is 0 Å². The lowest BCUT2D eigenvalue weighted by atomic mass is 9.98. The topological polar surface area (TPSA) is 78.4 Å². The molecule has 0 heterocycles. The summed E-state index contributed by atoms with van der Waals surface area (Å²) in [6, 6.07) is 9.34. The third-order valence-electron chi connectivity index (χ3n) is 4.66. The molecule has 3 atom stereocenters. The lowest BCUT2D eigenvalue weighted by molar-refractivity contribution is -0.123. The molecule has 3 rings (SSSR count). The highest BCUT2D eigenvalue weighted by Gasteiger charge is 2.35. The maximum absolute atomic E-state index is 13.9. The third-order valence-corrected chi connectivity index (χ3v) is 4.66. The Kier molecular flexibility index (Phi) is 4.88. The van der Waals surface area contributed by atoms with Crippen molar-refractivity contribution >= 4 is 12.0 Å². The van der Waals surface area contributed by atoms with Crippen LogP contribution in [0.15, 0.2) is 42.5 Å². The first-order valence-corrected chi connectivity index (χ1v) is 8.19. The molecule has 0 saturated carbocycles. The summed E-state index contributed by atoms with van der Waals surface area (Å²) in [6.07, 6.45) is -0.727. The number of carbonyl (C=O) groups excluding carboxylic acids is 1. The summed E-state index contributed by atoms with van der Waals surface area (Å²) >= 11 is 0. The van der Waals surface area contributed by atoms with E-state index in [1.807, 2.05) is 18.2 Å². The Morgan fingerprint density at radius 3 is 2.58 bits per heavy atom. The summed E-state index contributed by atoms with van der Waals surface area (Å²) in [5.41, 5.74) is 1.83. The quantitative estimate of drug-likeness (QED) is 0.784. The summed E-state index contributed by atoms with van der Waals surface area (Å²) in [6.45, 7) is 1.52. The molecule has 26 heavy (non-hydrogen) atoms. The lowest BCUT2D eigenvalue weighted by Crippen LogP contribution is -2.45. The summed E-state index contributed by atoms with van der Waals surface area (Å²) in [5.74, 6) is -2.80. The molecule has 0 spiro atoms. The minimum Gasteiger partial charge on any atom is -0.465 e. The maximum Gasteiger partial charge on any atom is 0.405 e. The van der Waals surface area contributed by atoms with Gasteiger partial charge in [0.15, 0.2) is 0 Å². The van der Waals surface area contributed by atoms with E-state index >= 15 is 0 Å².